The summed E-state index contributed by atoms with van der Waals surface area (Å²) in [5.74, 6) is 1.48. The summed E-state index contributed by atoms with van der Waals surface area (Å²) in [6.07, 6.45) is 8.94. The summed E-state index contributed by atoms with van der Waals surface area (Å²) in [5, 5.41) is 7.22. The molecule has 1 atom stereocenters. The number of aryl methyl sites for hydroxylation is 1. The third kappa shape index (κ3) is 4.44. The summed E-state index contributed by atoms with van der Waals surface area (Å²) in [7, 11) is 0. The summed E-state index contributed by atoms with van der Waals surface area (Å²) >= 11 is 0. The van der Waals surface area contributed by atoms with Crippen LogP contribution in [-0.2, 0) is 11.2 Å². The van der Waals surface area contributed by atoms with Crippen molar-refractivity contribution < 1.29 is 9.32 Å². The Labute approximate surface area is 164 Å². The molecule has 1 aromatic carbocycles. The van der Waals surface area contributed by atoms with E-state index in [1.54, 1.807) is 12.4 Å². The van der Waals surface area contributed by atoms with Crippen molar-refractivity contribution in [3.63, 3.8) is 0 Å². The number of benzene rings is 1. The molecule has 1 amide bonds. The van der Waals surface area contributed by atoms with E-state index >= 15 is 0 Å². The highest BCUT2D eigenvalue weighted by Crippen LogP contribution is 2.35. The maximum atomic E-state index is 12.6. The molecule has 2 aromatic heterocycles. The van der Waals surface area contributed by atoms with Gasteiger partial charge in [-0.1, -0.05) is 48.3 Å². The second kappa shape index (κ2) is 8.78. The number of hydrogen-bond acceptors (Lipinski definition) is 5. The molecule has 3 aromatic rings. The summed E-state index contributed by atoms with van der Waals surface area (Å²) in [6.45, 7) is 0. The Hall–Kier alpha value is -3.02. The van der Waals surface area contributed by atoms with Crippen LogP contribution >= 0.6 is 0 Å². The molecule has 1 aliphatic carbocycles. The number of carbonyl (C=O) groups excluding carboxylic acids is 1. The van der Waals surface area contributed by atoms with Crippen molar-refractivity contribution in [1.29, 1.82) is 0 Å². The van der Waals surface area contributed by atoms with Crippen LogP contribution in [0.1, 0.15) is 49.6 Å². The molecule has 1 N–H and O–H groups in total. The van der Waals surface area contributed by atoms with E-state index in [9.17, 15) is 4.79 Å². The lowest BCUT2D eigenvalue weighted by Gasteiger charge is -2.25. The minimum Gasteiger partial charge on any atom is -0.349 e. The van der Waals surface area contributed by atoms with Crippen LogP contribution in [0.4, 0.5) is 0 Å². The summed E-state index contributed by atoms with van der Waals surface area (Å²) in [5.41, 5.74) is 1.98. The number of amides is 1. The van der Waals surface area contributed by atoms with Crippen LogP contribution in [0.2, 0.25) is 0 Å². The zero-order valence-electron chi connectivity index (χ0n) is 15.8. The number of hydrogen-bond donors (Lipinski definition) is 1. The smallest absolute Gasteiger partial charge is 0.227 e. The molecular weight excluding hydrogens is 352 g/mol. The van der Waals surface area contributed by atoms with Gasteiger partial charge in [-0.25, -0.2) is 0 Å². The van der Waals surface area contributed by atoms with E-state index in [0.29, 0.717) is 30.5 Å². The first-order valence-electron chi connectivity index (χ1n) is 9.87. The lowest BCUT2D eigenvalue weighted by atomic mass is 9.91. The van der Waals surface area contributed by atoms with E-state index < -0.39 is 0 Å². The molecule has 0 aliphatic heterocycles. The molecule has 28 heavy (non-hydrogen) atoms. The van der Waals surface area contributed by atoms with Gasteiger partial charge in [0, 0.05) is 30.8 Å². The van der Waals surface area contributed by atoms with Crippen molar-refractivity contribution in [3.05, 3.63) is 66.3 Å². The predicted octanol–water partition coefficient (Wildman–Crippen LogP) is 4.11. The molecule has 1 saturated carbocycles. The maximum absolute atomic E-state index is 12.6. The lowest BCUT2D eigenvalue weighted by Crippen LogP contribution is -2.32. The second-order valence-corrected chi connectivity index (χ2v) is 7.25. The highest BCUT2D eigenvalue weighted by Gasteiger charge is 2.27. The first-order valence-corrected chi connectivity index (χ1v) is 9.87. The maximum Gasteiger partial charge on any atom is 0.227 e. The third-order valence-electron chi connectivity index (χ3n) is 5.30. The molecule has 0 bridgehead atoms. The van der Waals surface area contributed by atoms with Gasteiger partial charge in [-0.05, 0) is 36.5 Å². The molecule has 4 rings (SSSR count). The van der Waals surface area contributed by atoms with Gasteiger partial charge in [0.25, 0.3) is 0 Å². The molecule has 6 nitrogen and oxygen atoms in total. The van der Waals surface area contributed by atoms with Crippen molar-refractivity contribution in [1.82, 2.24) is 20.4 Å². The van der Waals surface area contributed by atoms with E-state index in [1.165, 1.54) is 18.4 Å². The van der Waals surface area contributed by atoms with Crippen molar-refractivity contribution in [3.8, 4) is 11.4 Å². The van der Waals surface area contributed by atoms with E-state index in [2.05, 4.69) is 32.6 Å². The number of carbonyl (C=O) groups is 1. The van der Waals surface area contributed by atoms with E-state index in [4.69, 9.17) is 4.52 Å². The Kier molecular flexibility index (Phi) is 5.75. The lowest BCUT2D eigenvalue weighted by molar-refractivity contribution is -0.122. The minimum absolute atomic E-state index is 0.0156. The molecule has 0 saturated heterocycles. The van der Waals surface area contributed by atoms with E-state index in [-0.39, 0.29) is 11.9 Å². The Morgan fingerprint density at radius 2 is 1.96 bits per heavy atom. The number of nitrogens with one attached hydrogen (secondary N) is 1. The standard InChI is InChI=1S/C22H24N4O2/c27-19(12-13-20-25-22(26-28-20)18-11-6-14-23-15-18)24-21(17-9-4-5-10-17)16-7-2-1-3-8-16/h1-3,6-8,11,14-15,17,21H,4-5,9-10,12-13H2,(H,24,27). The van der Waals surface area contributed by atoms with Crippen molar-refractivity contribution in [2.45, 2.75) is 44.6 Å². The Morgan fingerprint density at radius 1 is 1.14 bits per heavy atom. The number of aromatic nitrogens is 3. The Bertz CT molecular complexity index is 889. The minimum atomic E-state index is 0.0156. The normalized spacial score (nSPS) is 15.4. The molecule has 0 radical (unpaired) electrons. The van der Waals surface area contributed by atoms with Crippen molar-refractivity contribution in [2.24, 2.45) is 5.92 Å². The molecule has 0 spiro atoms. The van der Waals surface area contributed by atoms with Crippen LogP contribution in [0.5, 0.6) is 0 Å². The van der Waals surface area contributed by atoms with E-state index in [1.807, 2.05) is 30.3 Å². The van der Waals surface area contributed by atoms with Crippen LogP contribution in [0, 0.1) is 5.92 Å². The fourth-order valence-corrected chi connectivity index (χ4v) is 3.86. The molecule has 1 fully saturated rings. The van der Waals surface area contributed by atoms with Gasteiger partial charge < -0.3 is 9.84 Å². The molecule has 1 unspecified atom stereocenters. The molecular formula is C22H24N4O2. The van der Waals surface area contributed by atoms with Gasteiger partial charge in [0.2, 0.25) is 17.6 Å². The molecule has 2 heterocycles. The first-order chi connectivity index (χ1) is 13.8. The molecule has 1 aliphatic rings. The number of rotatable bonds is 7. The van der Waals surface area contributed by atoms with Gasteiger partial charge >= 0.3 is 0 Å². The van der Waals surface area contributed by atoms with E-state index in [0.717, 1.165) is 18.4 Å². The highest BCUT2D eigenvalue weighted by molar-refractivity contribution is 5.76. The van der Waals surface area contributed by atoms with Gasteiger partial charge in [0.05, 0.1) is 6.04 Å². The average Bonchev–Trinajstić information content (AvgIpc) is 3.44. The Balaban J connectivity index is 1.37. The second-order valence-electron chi connectivity index (χ2n) is 7.25. The van der Waals surface area contributed by atoms with Crippen molar-refractivity contribution in [2.75, 3.05) is 0 Å². The van der Waals surface area contributed by atoms with Crippen LogP contribution in [0.25, 0.3) is 11.4 Å². The van der Waals surface area contributed by atoms with Gasteiger partial charge in [0.15, 0.2) is 0 Å². The van der Waals surface area contributed by atoms with Gasteiger partial charge in [0.1, 0.15) is 0 Å². The van der Waals surface area contributed by atoms with Crippen LogP contribution < -0.4 is 5.32 Å². The molecule has 144 valence electrons. The summed E-state index contributed by atoms with van der Waals surface area (Å²) < 4.78 is 5.29. The fourth-order valence-electron chi connectivity index (χ4n) is 3.86. The number of nitrogens with zero attached hydrogens (tertiary/aromatic N) is 3. The summed E-state index contributed by atoms with van der Waals surface area (Å²) in [4.78, 5) is 21.0. The quantitative estimate of drug-likeness (QED) is 0.671. The third-order valence-corrected chi connectivity index (χ3v) is 5.30. The fraction of sp³-hybridized carbons (Fsp3) is 0.364. The van der Waals surface area contributed by atoms with Gasteiger partial charge in [-0.15, -0.1) is 0 Å². The monoisotopic (exact) mass is 376 g/mol. The summed E-state index contributed by atoms with van der Waals surface area (Å²) in [6, 6.07) is 14.0. The zero-order valence-corrected chi connectivity index (χ0v) is 15.8. The zero-order chi connectivity index (χ0) is 19.2. The first kappa shape index (κ1) is 18.3. The largest absolute Gasteiger partial charge is 0.349 e. The average molecular weight is 376 g/mol. The van der Waals surface area contributed by atoms with Crippen LogP contribution in [-0.4, -0.2) is 21.0 Å². The van der Waals surface area contributed by atoms with Gasteiger partial charge in [-0.3, -0.25) is 9.78 Å². The number of pyridine rings is 1. The highest BCUT2D eigenvalue weighted by atomic mass is 16.5. The topological polar surface area (TPSA) is 80.9 Å². The van der Waals surface area contributed by atoms with Crippen LogP contribution in [0.15, 0.2) is 59.4 Å². The predicted molar refractivity (Wildman–Crippen MR) is 105 cm³/mol. The SMILES string of the molecule is O=C(CCc1nc(-c2cccnc2)no1)NC(c1ccccc1)C1CCCC1. The molecule has 6 heteroatoms. The van der Waals surface area contributed by atoms with Crippen molar-refractivity contribution >= 4 is 5.91 Å². The van der Waals surface area contributed by atoms with Gasteiger partial charge in [-0.2, -0.15) is 4.98 Å². The Morgan fingerprint density at radius 3 is 2.71 bits per heavy atom. The van der Waals surface area contributed by atoms with Crippen LogP contribution in [0.3, 0.4) is 0 Å².